The van der Waals surface area contributed by atoms with Crippen molar-refractivity contribution in [2.45, 2.75) is 19.1 Å². The highest BCUT2D eigenvalue weighted by atomic mass is 16.3. The lowest BCUT2D eigenvalue weighted by atomic mass is 10.0. The average Bonchev–Trinajstić information content (AvgIpc) is 2.39. The van der Waals surface area contributed by atoms with E-state index in [-0.39, 0.29) is 6.04 Å². The molecule has 0 spiro atoms. The minimum atomic E-state index is -0.559. The van der Waals surface area contributed by atoms with Gasteiger partial charge in [-0.3, -0.25) is 0 Å². The van der Waals surface area contributed by atoms with Crippen molar-refractivity contribution in [2.75, 3.05) is 13.6 Å². The quantitative estimate of drug-likeness (QED) is 0.759. The summed E-state index contributed by atoms with van der Waals surface area (Å²) < 4.78 is 0. The van der Waals surface area contributed by atoms with Crippen LogP contribution in [0.1, 0.15) is 18.6 Å². The first-order valence-electron chi connectivity index (χ1n) is 5.66. The summed E-state index contributed by atoms with van der Waals surface area (Å²) in [7, 11) is 1.89. The Labute approximate surface area is 103 Å². The van der Waals surface area contributed by atoms with E-state index in [2.05, 4.69) is 12.3 Å². The van der Waals surface area contributed by atoms with Gasteiger partial charge in [0.15, 0.2) is 0 Å². The largest absolute Gasteiger partial charge is 0.386 e. The molecular formula is C14H20N2O. The van der Waals surface area contributed by atoms with Gasteiger partial charge >= 0.3 is 0 Å². The number of hydrogen-bond donors (Lipinski definition) is 2. The van der Waals surface area contributed by atoms with Crippen LogP contribution >= 0.6 is 0 Å². The normalized spacial score (nSPS) is 13.6. The molecule has 1 rings (SSSR count). The van der Waals surface area contributed by atoms with Crippen LogP contribution in [0.2, 0.25) is 0 Å². The number of likely N-dealkylation sites (N-methyl/N-ethyl adjacent to an activating group) is 1. The number of nitrogens with two attached hydrogens (primary N) is 1. The zero-order valence-corrected chi connectivity index (χ0v) is 10.4. The highest BCUT2D eigenvalue weighted by molar-refractivity contribution is 5.19. The molecule has 0 unspecified atom stereocenters. The summed E-state index contributed by atoms with van der Waals surface area (Å²) in [6.45, 7) is 5.92. The molecule has 0 aliphatic rings. The molecule has 0 heterocycles. The van der Waals surface area contributed by atoms with Gasteiger partial charge in [0.2, 0.25) is 0 Å². The lowest BCUT2D eigenvalue weighted by molar-refractivity contribution is 0.0887. The smallest absolute Gasteiger partial charge is 0.0990 e. The third-order valence-electron chi connectivity index (χ3n) is 3.03. The van der Waals surface area contributed by atoms with Gasteiger partial charge in [0.25, 0.3) is 0 Å². The van der Waals surface area contributed by atoms with Crippen LogP contribution in [0.4, 0.5) is 0 Å². The molecule has 0 aliphatic heterocycles. The van der Waals surface area contributed by atoms with Crippen molar-refractivity contribution < 1.29 is 5.11 Å². The summed E-state index contributed by atoms with van der Waals surface area (Å²) in [5, 5.41) is 10.3. The molecule has 17 heavy (non-hydrogen) atoms. The van der Waals surface area contributed by atoms with Gasteiger partial charge in [0.1, 0.15) is 0 Å². The van der Waals surface area contributed by atoms with E-state index in [1.165, 1.54) is 0 Å². The van der Waals surface area contributed by atoms with Crippen LogP contribution in [0.25, 0.3) is 0 Å². The number of aliphatic hydroxyl groups excluding tert-OH is 1. The van der Waals surface area contributed by atoms with E-state index in [0.717, 1.165) is 11.3 Å². The summed E-state index contributed by atoms with van der Waals surface area (Å²) in [6.07, 6.45) is -0.559. The minimum Gasteiger partial charge on any atom is -0.386 e. The molecule has 0 saturated carbocycles. The monoisotopic (exact) mass is 232 g/mol. The van der Waals surface area contributed by atoms with Gasteiger partial charge in [0, 0.05) is 13.6 Å². The van der Waals surface area contributed by atoms with E-state index < -0.39 is 6.10 Å². The topological polar surface area (TPSA) is 49.5 Å². The molecule has 3 heteroatoms. The van der Waals surface area contributed by atoms with Crippen molar-refractivity contribution in [3.8, 4) is 0 Å². The van der Waals surface area contributed by atoms with Gasteiger partial charge in [-0.15, -0.1) is 5.73 Å². The minimum absolute atomic E-state index is 0.0785. The van der Waals surface area contributed by atoms with Crippen LogP contribution in [-0.4, -0.2) is 29.6 Å². The van der Waals surface area contributed by atoms with Crippen molar-refractivity contribution in [2.24, 2.45) is 5.73 Å². The fourth-order valence-corrected chi connectivity index (χ4v) is 1.73. The zero-order valence-electron chi connectivity index (χ0n) is 10.4. The molecule has 0 bridgehead atoms. The Morgan fingerprint density at radius 3 is 2.53 bits per heavy atom. The maximum atomic E-state index is 10.3. The fraction of sp³-hybridized carbons (Fsp3) is 0.357. The molecule has 0 radical (unpaired) electrons. The summed E-state index contributed by atoms with van der Waals surface area (Å²) >= 11 is 0. The number of aliphatic hydroxyl groups is 1. The predicted octanol–water partition coefficient (Wildman–Crippen LogP) is 1.67. The Morgan fingerprint density at radius 2 is 2.06 bits per heavy atom. The molecule has 0 amide bonds. The Bertz CT molecular complexity index is 396. The van der Waals surface area contributed by atoms with Crippen molar-refractivity contribution in [3.63, 3.8) is 0 Å². The zero-order chi connectivity index (χ0) is 12.8. The summed E-state index contributed by atoms with van der Waals surface area (Å²) in [5.41, 5.74) is 10.1. The summed E-state index contributed by atoms with van der Waals surface area (Å²) in [6, 6.07) is 9.50. The molecule has 0 aliphatic carbocycles. The van der Waals surface area contributed by atoms with Gasteiger partial charge in [-0.2, -0.15) is 0 Å². The standard InChI is InChI=1S/C14H20N2O/c1-4-13(10-15)16(3)11(2)14(17)12-8-6-5-7-9-12/h5-9,11,14,17H,1,10,15H2,2-3H3/t11-,14+/m1/s1. The van der Waals surface area contributed by atoms with E-state index in [4.69, 9.17) is 5.73 Å². The molecule has 1 aromatic rings. The Hall–Kier alpha value is -1.54. The molecule has 0 saturated heterocycles. The van der Waals surface area contributed by atoms with Crippen LogP contribution < -0.4 is 5.73 Å². The van der Waals surface area contributed by atoms with Gasteiger partial charge < -0.3 is 15.7 Å². The van der Waals surface area contributed by atoms with Crippen LogP contribution in [0.3, 0.4) is 0 Å². The van der Waals surface area contributed by atoms with E-state index >= 15 is 0 Å². The lowest BCUT2D eigenvalue weighted by Gasteiger charge is -2.31. The van der Waals surface area contributed by atoms with Crippen molar-refractivity contribution in [1.29, 1.82) is 0 Å². The number of rotatable bonds is 5. The second kappa shape index (κ2) is 6.26. The van der Waals surface area contributed by atoms with Gasteiger partial charge in [-0.1, -0.05) is 36.9 Å². The summed E-state index contributed by atoms with van der Waals surface area (Å²) in [5.74, 6) is 0. The second-order valence-electron chi connectivity index (χ2n) is 4.03. The van der Waals surface area contributed by atoms with Crippen molar-refractivity contribution in [1.82, 2.24) is 4.90 Å². The molecule has 92 valence electrons. The van der Waals surface area contributed by atoms with Crippen molar-refractivity contribution in [3.05, 3.63) is 53.9 Å². The molecule has 0 fully saturated rings. The fourth-order valence-electron chi connectivity index (χ4n) is 1.73. The van der Waals surface area contributed by atoms with E-state index in [0.29, 0.717) is 6.54 Å². The average molecular weight is 232 g/mol. The lowest BCUT2D eigenvalue weighted by Crippen LogP contribution is -2.35. The third kappa shape index (κ3) is 3.21. The predicted molar refractivity (Wildman–Crippen MR) is 70.3 cm³/mol. The van der Waals surface area contributed by atoms with Gasteiger partial charge in [0.05, 0.1) is 17.8 Å². The van der Waals surface area contributed by atoms with Gasteiger partial charge in [-0.25, -0.2) is 0 Å². The number of nitrogens with zero attached hydrogens (tertiary/aromatic N) is 1. The first-order chi connectivity index (χ1) is 8.11. The van der Waals surface area contributed by atoms with Gasteiger partial charge in [-0.05, 0) is 12.5 Å². The second-order valence-corrected chi connectivity index (χ2v) is 4.03. The number of hydrogen-bond acceptors (Lipinski definition) is 3. The van der Waals surface area contributed by atoms with Crippen LogP contribution in [0.5, 0.6) is 0 Å². The van der Waals surface area contributed by atoms with Crippen LogP contribution in [0, 0.1) is 0 Å². The summed E-state index contributed by atoms with van der Waals surface area (Å²) in [4.78, 5) is 1.91. The van der Waals surface area contributed by atoms with E-state index in [9.17, 15) is 5.11 Å². The number of benzene rings is 1. The SMILES string of the molecule is C=C=C(CN)N(C)[C@H](C)[C@H](O)c1ccccc1. The highest BCUT2D eigenvalue weighted by Gasteiger charge is 2.21. The van der Waals surface area contributed by atoms with Crippen molar-refractivity contribution >= 4 is 0 Å². The third-order valence-corrected chi connectivity index (χ3v) is 3.03. The van der Waals surface area contributed by atoms with Crippen LogP contribution in [-0.2, 0) is 0 Å². The molecular weight excluding hydrogens is 212 g/mol. The molecule has 3 nitrogen and oxygen atoms in total. The maximum absolute atomic E-state index is 10.3. The Kier molecular flexibility index (Phi) is 4.98. The molecule has 1 aromatic carbocycles. The van der Waals surface area contributed by atoms with E-state index in [1.807, 2.05) is 49.2 Å². The Morgan fingerprint density at radius 1 is 1.47 bits per heavy atom. The molecule has 2 atom stereocenters. The van der Waals surface area contributed by atoms with Crippen LogP contribution in [0.15, 0.2) is 48.3 Å². The maximum Gasteiger partial charge on any atom is 0.0990 e. The first kappa shape index (κ1) is 13.5. The Balaban J connectivity index is 2.83. The highest BCUT2D eigenvalue weighted by Crippen LogP contribution is 2.21. The van der Waals surface area contributed by atoms with E-state index in [1.54, 1.807) is 0 Å². The molecule has 0 aromatic heterocycles. The first-order valence-corrected chi connectivity index (χ1v) is 5.66. The molecule has 3 N–H and O–H groups in total.